The SMILES string of the molecule is O=C(c1ccccc1)N1CC[C@H](CN2C(=O)N[C@@]3(CCOc4ccccc43)C2=O)C1. The molecule has 1 spiro atoms. The molecule has 2 aromatic carbocycles. The highest BCUT2D eigenvalue weighted by molar-refractivity contribution is 6.08. The van der Waals surface area contributed by atoms with Gasteiger partial charge in [-0.05, 0) is 30.5 Å². The summed E-state index contributed by atoms with van der Waals surface area (Å²) in [5.74, 6) is 0.471. The number of carbonyl (C=O) groups is 3. The van der Waals surface area contributed by atoms with Crippen molar-refractivity contribution in [3.63, 3.8) is 0 Å². The van der Waals surface area contributed by atoms with Crippen LogP contribution >= 0.6 is 0 Å². The summed E-state index contributed by atoms with van der Waals surface area (Å²) in [6.45, 7) is 1.86. The van der Waals surface area contributed by atoms with Gasteiger partial charge in [-0.15, -0.1) is 0 Å². The number of imide groups is 1. The Morgan fingerprint density at radius 2 is 1.87 bits per heavy atom. The van der Waals surface area contributed by atoms with E-state index < -0.39 is 5.54 Å². The van der Waals surface area contributed by atoms with E-state index in [1.807, 2.05) is 42.5 Å². The summed E-state index contributed by atoms with van der Waals surface area (Å²) in [4.78, 5) is 42.0. The van der Waals surface area contributed by atoms with Gasteiger partial charge in [0.2, 0.25) is 0 Å². The molecule has 2 saturated heterocycles. The van der Waals surface area contributed by atoms with E-state index in [1.165, 1.54) is 4.90 Å². The maximum Gasteiger partial charge on any atom is 0.325 e. The standard InChI is InChI=1S/C23H23N3O4/c27-20(17-6-2-1-3-7-17)25-12-10-16(14-25)15-26-21(28)23(24-22(26)29)11-13-30-19-9-5-4-8-18(19)23/h1-9,16H,10-15H2,(H,24,29)/t16-,23+/m0/s1. The summed E-state index contributed by atoms with van der Waals surface area (Å²) in [7, 11) is 0. The average molecular weight is 405 g/mol. The number of nitrogens with one attached hydrogen (secondary N) is 1. The van der Waals surface area contributed by atoms with Gasteiger partial charge in [0.05, 0.1) is 6.61 Å². The van der Waals surface area contributed by atoms with Gasteiger partial charge in [0.1, 0.15) is 5.75 Å². The fraction of sp³-hybridized carbons (Fsp3) is 0.348. The molecule has 5 rings (SSSR count). The first-order chi connectivity index (χ1) is 14.6. The van der Waals surface area contributed by atoms with E-state index in [0.717, 1.165) is 6.42 Å². The zero-order valence-corrected chi connectivity index (χ0v) is 16.5. The van der Waals surface area contributed by atoms with Crippen LogP contribution in [0.5, 0.6) is 5.75 Å². The number of urea groups is 1. The molecule has 30 heavy (non-hydrogen) atoms. The first-order valence-corrected chi connectivity index (χ1v) is 10.3. The number of amides is 4. The monoisotopic (exact) mass is 405 g/mol. The molecule has 3 aliphatic heterocycles. The second kappa shape index (κ2) is 7.16. The van der Waals surface area contributed by atoms with Gasteiger partial charge < -0.3 is 15.0 Å². The molecule has 1 N–H and O–H groups in total. The van der Waals surface area contributed by atoms with Crippen molar-refractivity contribution in [1.29, 1.82) is 0 Å². The Hall–Kier alpha value is -3.35. The van der Waals surface area contributed by atoms with Crippen LogP contribution in [0.25, 0.3) is 0 Å². The quantitative estimate of drug-likeness (QED) is 0.796. The number of likely N-dealkylation sites (tertiary alicyclic amines) is 1. The van der Waals surface area contributed by atoms with Crippen molar-refractivity contribution < 1.29 is 19.1 Å². The molecule has 7 nitrogen and oxygen atoms in total. The van der Waals surface area contributed by atoms with E-state index in [0.29, 0.717) is 49.5 Å². The summed E-state index contributed by atoms with van der Waals surface area (Å²) in [5, 5.41) is 2.94. The van der Waals surface area contributed by atoms with E-state index in [4.69, 9.17) is 4.74 Å². The molecule has 0 saturated carbocycles. The minimum absolute atomic E-state index is 0.00914. The zero-order chi connectivity index (χ0) is 20.7. The lowest BCUT2D eigenvalue weighted by atomic mass is 9.84. The molecule has 0 bridgehead atoms. The molecule has 0 aromatic heterocycles. The second-order valence-electron chi connectivity index (χ2n) is 8.12. The molecule has 3 aliphatic rings. The molecular weight excluding hydrogens is 382 g/mol. The van der Waals surface area contributed by atoms with Gasteiger partial charge in [0, 0.05) is 37.2 Å². The lowest BCUT2D eigenvalue weighted by Gasteiger charge is -2.33. The third-order valence-corrected chi connectivity index (χ3v) is 6.29. The van der Waals surface area contributed by atoms with Crippen molar-refractivity contribution in [2.45, 2.75) is 18.4 Å². The second-order valence-corrected chi connectivity index (χ2v) is 8.12. The van der Waals surface area contributed by atoms with E-state index in [9.17, 15) is 14.4 Å². The molecule has 2 fully saturated rings. The van der Waals surface area contributed by atoms with E-state index >= 15 is 0 Å². The lowest BCUT2D eigenvalue weighted by Crippen LogP contribution is -2.47. The molecule has 7 heteroatoms. The minimum Gasteiger partial charge on any atom is -0.493 e. The van der Waals surface area contributed by atoms with Crippen LogP contribution in [-0.4, -0.2) is 53.9 Å². The minimum atomic E-state index is -1.05. The van der Waals surface area contributed by atoms with Crippen LogP contribution in [-0.2, 0) is 10.3 Å². The van der Waals surface area contributed by atoms with Gasteiger partial charge in [-0.3, -0.25) is 14.5 Å². The predicted octanol–water partition coefficient (Wildman–Crippen LogP) is 2.38. The summed E-state index contributed by atoms with van der Waals surface area (Å²) in [6.07, 6.45) is 1.18. The zero-order valence-electron chi connectivity index (χ0n) is 16.5. The maximum atomic E-state index is 13.4. The lowest BCUT2D eigenvalue weighted by molar-refractivity contribution is -0.133. The van der Waals surface area contributed by atoms with Crippen LogP contribution in [0.2, 0.25) is 0 Å². The van der Waals surface area contributed by atoms with Gasteiger partial charge in [-0.2, -0.15) is 0 Å². The van der Waals surface area contributed by atoms with Gasteiger partial charge in [-0.25, -0.2) is 4.79 Å². The van der Waals surface area contributed by atoms with Crippen molar-refractivity contribution in [1.82, 2.24) is 15.1 Å². The highest BCUT2D eigenvalue weighted by atomic mass is 16.5. The number of rotatable bonds is 3. The molecule has 2 atom stereocenters. The van der Waals surface area contributed by atoms with E-state index in [2.05, 4.69) is 5.32 Å². The van der Waals surface area contributed by atoms with Gasteiger partial charge in [0.15, 0.2) is 5.54 Å². The van der Waals surface area contributed by atoms with Crippen molar-refractivity contribution >= 4 is 17.8 Å². The average Bonchev–Trinajstić information content (AvgIpc) is 3.34. The van der Waals surface area contributed by atoms with Gasteiger partial charge in [-0.1, -0.05) is 36.4 Å². The van der Waals surface area contributed by atoms with E-state index in [1.54, 1.807) is 17.0 Å². The van der Waals surface area contributed by atoms with Crippen LogP contribution in [0.4, 0.5) is 4.79 Å². The normalized spacial score (nSPS) is 25.3. The molecule has 0 unspecified atom stereocenters. The highest BCUT2D eigenvalue weighted by Crippen LogP contribution is 2.41. The van der Waals surface area contributed by atoms with Crippen LogP contribution in [0.15, 0.2) is 54.6 Å². The molecule has 0 aliphatic carbocycles. The number of hydrogen-bond donors (Lipinski definition) is 1. The topological polar surface area (TPSA) is 79.0 Å². The molecule has 2 aromatic rings. The Morgan fingerprint density at radius 3 is 2.70 bits per heavy atom. The van der Waals surface area contributed by atoms with E-state index in [-0.39, 0.29) is 23.8 Å². The van der Waals surface area contributed by atoms with Crippen molar-refractivity contribution in [2.75, 3.05) is 26.2 Å². The first-order valence-electron chi connectivity index (χ1n) is 10.3. The molecule has 0 radical (unpaired) electrons. The summed E-state index contributed by atoms with van der Waals surface area (Å²) < 4.78 is 5.68. The fourth-order valence-electron chi connectivity index (χ4n) is 4.73. The Balaban J connectivity index is 1.31. The third-order valence-electron chi connectivity index (χ3n) is 6.29. The van der Waals surface area contributed by atoms with Crippen LogP contribution in [0.3, 0.4) is 0 Å². The Labute approximate surface area is 174 Å². The van der Waals surface area contributed by atoms with Gasteiger partial charge in [0.25, 0.3) is 11.8 Å². The number of nitrogens with zero attached hydrogens (tertiary/aromatic N) is 2. The van der Waals surface area contributed by atoms with Crippen LogP contribution in [0.1, 0.15) is 28.8 Å². The number of carbonyl (C=O) groups excluding carboxylic acids is 3. The fourth-order valence-corrected chi connectivity index (χ4v) is 4.73. The molecular formula is C23H23N3O4. The number of hydrogen-bond acceptors (Lipinski definition) is 4. The third kappa shape index (κ3) is 2.93. The number of para-hydroxylation sites is 1. The summed E-state index contributed by atoms with van der Waals surface area (Å²) >= 11 is 0. The summed E-state index contributed by atoms with van der Waals surface area (Å²) in [5.41, 5.74) is 0.319. The van der Waals surface area contributed by atoms with Crippen molar-refractivity contribution in [3.05, 3.63) is 65.7 Å². The molecule has 4 amide bonds. The first kappa shape index (κ1) is 18.7. The summed E-state index contributed by atoms with van der Waals surface area (Å²) in [6, 6.07) is 16.2. The molecule has 3 heterocycles. The Bertz CT molecular complexity index is 1010. The van der Waals surface area contributed by atoms with Crippen LogP contribution < -0.4 is 10.1 Å². The Kier molecular flexibility index (Phi) is 4.46. The van der Waals surface area contributed by atoms with Gasteiger partial charge >= 0.3 is 6.03 Å². The van der Waals surface area contributed by atoms with Crippen molar-refractivity contribution in [3.8, 4) is 5.75 Å². The predicted molar refractivity (Wildman–Crippen MR) is 109 cm³/mol. The number of fused-ring (bicyclic) bond motifs is 2. The molecule has 154 valence electrons. The Morgan fingerprint density at radius 1 is 1.10 bits per heavy atom. The van der Waals surface area contributed by atoms with Crippen molar-refractivity contribution in [2.24, 2.45) is 5.92 Å². The highest BCUT2D eigenvalue weighted by Gasteiger charge is 2.55. The number of benzene rings is 2. The smallest absolute Gasteiger partial charge is 0.325 e. The maximum absolute atomic E-state index is 13.4. The largest absolute Gasteiger partial charge is 0.493 e. The van der Waals surface area contributed by atoms with Crippen LogP contribution in [0, 0.1) is 5.92 Å². The number of ether oxygens (including phenoxy) is 1.